The molecule has 0 spiro atoms. The Labute approximate surface area is 313 Å². The first-order valence-electron chi connectivity index (χ1n) is 17.7. The Balaban J connectivity index is 1.30. The summed E-state index contributed by atoms with van der Waals surface area (Å²) in [7, 11) is 4.07. The highest BCUT2D eigenvalue weighted by molar-refractivity contribution is 6.81. The molecule has 6 aromatic carbocycles. The third kappa shape index (κ3) is 9.02. The van der Waals surface area contributed by atoms with Crippen molar-refractivity contribution in [3.8, 4) is 0 Å². The van der Waals surface area contributed by atoms with Gasteiger partial charge in [0, 0.05) is 43.1 Å². The molecule has 0 aliphatic heterocycles. The van der Waals surface area contributed by atoms with Crippen molar-refractivity contribution in [3.63, 3.8) is 0 Å². The van der Waals surface area contributed by atoms with Crippen molar-refractivity contribution in [3.05, 3.63) is 211 Å². The highest BCUT2D eigenvalue weighted by Gasteiger charge is 2.26. The SMILES string of the molecule is CN(C)c1ccc(/C(=C\c2cc(/C=C(/OB(c3ccccc3)c3ccccc3)c3ccccc3)ncn2)OB(c2ccccc2)c2ccccc2)cc1. The number of anilines is 1. The van der Waals surface area contributed by atoms with Crippen molar-refractivity contribution in [2.45, 2.75) is 0 Å². The molecule has 1 aromatic heterocycles. The van der Waals surface area contributed by atoms with E-state index < -0.39 is 0 Å². The zero-order valence-corrected chi connectivity index (χ0v) is 29.9. The van der Waals surface area contributed by atoms with E-state index in [1.807, 2.05) is 123 Å². The van der Waals surface area contributed by atoms with Gasteiger partial charge in [0.15, 0.2) is 0 Å². The van der Waals surface area contributed by atoms with Gasteiger partial charge in [-0.2, -0.15) is 0 Å². The normalized spacial score (nSPS) is 11.4. The van der Waals surface area contributed by atoms with Gasteiger partial charge in [0.1, 0.15) is 17.8 Å². The summed E-state index contributed by atoms with van der Waals surface area (Å²) in [5.41, 5.74) is 8.60. The molecule has 0 atom stereocenters. The summed E-state index contributed by atoms with van der Waals surface area (Å²) in [6, 6.07) is 61.7. The van der Waals surface area contributed by atoms with Gasteiger partial charge >= 0.3 is 13.8 Å². The first kappa shape index (κ1) is 34.8. The number of hydrogen-bond acceptors (Lipinski definition) is 5. The van der Waals surface area contributed by atoms with Crippen LogP contribution in [0, 0.1) is 0 Å². The lowest BCUT2D eigenvalue weighted by Gasteiger charge is -2.20. The van der Waals surface area contributed by atoms with E-state index in [2.05, 4.69) is 94.8 Å². The fourth-order valence-corrected chi connectivity index (χ4v) is 6.13. The first-order valence-corrected chi connectivity index (χ1v) is 17.7. The second-order valence-corrected chi connectivity index (χ2v) is 12.8. The molecule has 0 unspecified atom stereocenters. The number of nitrogens with zero attached hydrogens (tertiary/aromatic N) is 3. The molecular weight excluding hydrogens is 648 g/mol. The van der Waals surface area contributed by atoms with Gasteiger partial charge in [0.2, 0.25) is 0 Å². The highest BCUT2D eigenvalue weighted by Crippen LogP contribution is 2.25. The van der Waals surface area contributed by atoms with Gasteiger partial charge in [-0.1, -0.05) is 152 Å². The maximum Gasteiger partial charge on any atom is 0.426 e. The highest BCUT2D eigenvalue weighted by atomic mass is 16.4. The summed E-state index contributed by atoms with van der Waals surface area (Å²) in [6.45, 7) is -0.674. The maximum atomic E-state index is 7.00. The maximum absolute atomic E-state index is 7.00. The van der Waals surface area contributed by atoms with Gasteiger partial charge < -0.3 is 14.2 Å². The molecule has 53 heavy (non-hydrogen) atoms. The molecule has 7 heteroatoms. The van der Waals surface area contributed by atoms with Gasteiger partial charge in [-0.25, -0.2) is 9.97 Å². The lowest BCUT2D eigenvalue weighted by atomic mass is 9.55. The topological polar surface area (TPSA) is 47.5 Å². The number of rotatable bonds is 13. The van der Waals surface area contributed by atoms with E-state index in [1.54, 1.807) is 6.33 Å². The molecule has 1 heterocycles. The minimum absolute atomic E-state index is 0.330. The molecule has 0 saturated carbocycles. The van der Waals surface area contributed by atoms with Crippen LogP contribution >= 0.6 is 0 Å². The Morgan fingerprint density at radius 2 is 0.792 bits per heavy atom. The summed E-state index contributed by atoms with van der Waals surface area (Å²) in [5, 5.41) is 0. The predicted octanol–water partition coefficient (Wildman–Crippen LogP) is 7.18. The molecule has 256 valence electrons. The average Bonchev–Trinajstić information content (AvgIpc) is 3.23. The molecule has 5 nitrogen and oxygen atoms in total. The standard InChI is InChI=1S/C46H39B2N3O2/c1-51(2)44-30-28-37(29-31-44)46(53-48(40-24-14-6-15-25-40)41-26-16-7-17-27-41)34-43-32-42(49-35-50-43)33-45(36-18-8-3-9-19-36)52-47(38-20-10-4-11-21-38)39-22-12-5-13-23-39/h3-35H,1-2H3/b45-33+,46-34+. The lowest BCUT2D eigenvalue weighted by molar-refractivity contribution is 0.551. The van der Waals surface area contributed by atoms with Crippen molar-refractivity contribution < 1.29 is 9.31 Å². The van der Waals surface area contributed by atoms with Gasteiger partial charge in [-0.15, -0.1) is 0 Å². The fourth-order valence-electron chi connectivity index (χ4n) is 6.13. The van der Waals surface area contributed by atoms with Crippen LogP contribution in [-0.2, 0) is 9.31 Å². The molecular formula is C46H39B2N3O2. The van der Waals surface area contributed by atoms with E-state index in [0.717, 1.165) is 38.7 Å². The molecule has 0 N–H and O–H groups in total. The van der Waals surface area contributed by atoms with Crippen molar-refractivity contribution in [2.75, 3.05) is 19.0 Å². The van der Waals surface area contributed by atoms with Crippen LogP contribution in [0.1, 0.15) is 22.5 Å². The van der Waals surface area contributed by atoms with E-state index in [0.29, 0.717) is 22.9 Å². The Bertz CT molecular complexity index is 2170. The van der Waals surface area contributed by atoms with Crippen molar-refractivity contribution in [2.24, 2.45) is 0 Å². The van der Waals surface area contributed by atoms with Crippen LogP contribution in [0.5, 0.6) is 0 Å². The molecule has 0 saturated heterocycles. The smallest absolute Gasteiger partial charge is 0.426 e. The fraction of sp³-hybridized carbons (Fsp3) is 0.0435. The Morgan fingerprint density at radius 3 is 1.15 bits per heavy atom. The van der Waals surface area contributed by atoms with Crippen LogP contribution in [0.4, 0.5) is 5.69 Å². The van der Waals surface area contributed by atoms with Crippen LogP contribution < -0.4 is 26.8 Å². The molecule has 7 rings (SSSR count). The molecule has 7 aromatic rings. The summed E-state index contributed by atoms with van der Waals surface area (Å²) < 4.78 is 13.9. The zero-order valence-electron chi connectivity index (χ0n) is 29.9. The minimum atomic E-state index is -0.343. The zero-order chi connectivity index (χ0) is 36.2. The van der Waals surface area contributed by atoms with Gasteiger partial charge in [0.25, 0.3) is 0 Å². The van der Waals surface area contributed by atoms with Crippen molar-refractivity contribution >= 4 is 65.0 Å². The van der Waals surface area contributed by atoms with Crippen LogP contribution in [0.2, 0.25) is 0 Å². The third-order valence-electron chi connectivity index (χ3n) is 8.89. The number of hydrogen-bond donors (Lipinski definition) is 0. The Morgan fingerprint density at radius 1 is 0.453 bits per heavy atom. The number of benzene rings is 6. The summed E-state index contributed by atoms with van der Waals surface area (Å²) >= 11 is 0. The summed E-state index contributed by atoms with van der Waals surface area (Å²) in [5.74, 6) is 1.38. The molecule has 0 aliphatic rings. The Hall–Kier alpha value is -6.59. The minimum Gasteiger partial charge on any atom is -0.551 e. The third-order valence-corrected chi connectivity index (χ3v) is 8.89. The first-order chi connectivity index (χ1) is 26.1. The van der Waals surface area contributed by atoms with E-state index >= 15 is 0 Å². The molecule has 0 fully saturated rings. The van der Waals surface area contributed by atoms with Crippen molar-refractivity contribution in [1.29, 1.82) is 0 Å². The summed E-state index contributed by atoms with van der Waals surface area (Å²) in [4.78, 5) is 11.5. The van der Waals surface area contributed by atoms with Gasteiger partial charge in [0.05, 0.1) is 11.4 Å². The van der Waals surface area contributed by atoms with E-state index in [4.69, 9.17) is 14.3 Å². The average molecular weight is 687 g/mol. The van der Waals surface area contributed by atoms with E-state index in [-0.39, 0.29) is 13.8 Å². The second kappa shape index (κ2) is 17.1. The Kier molecular flexibility index (Phi) is 11.2. The quantitative estimate of drug-likeness (QED) is 0.0950. The molecule has 0 radical (unpaired) electrons. The molecule has 0 aliphatic carbocycles. The van der Waals surface area contributed by atoms with E-state index in [9.17, 15) is 0 Å². The lowest BCUT2D eigenvalue weighted by Crippen LogP contribution is -2.44. The largest absolute Gasteiger partial charge is 0.551 e. The van der Waals surface area contributed by atoms with E-state index in [1.165, 1.54) is 0 Å². The van der Waals surface area contributed by atoms with Crippen LogP contribution in [0.15, 0.2) is 188 Å². The van der Waals surface area contributed by atoms with Crippen LogP contribution in [0.3, 0.4) is 0 Å². The monoisotopic (exact) mass is 687 g/mol. The van der Waals surface area contributed by atoms with Gasteiger partial charge in [-0.3, -0.25) is 0 Å². The predicted molar refractivity (Wildman–Crippen MR) is 223 cm³/mol. The summed E-state index contributed by atoms with van der Waals surface area (Å²) in [6.07, 6.45) is 5.56. The van der Waals surface area contributed by atoms with Crippen molar-refractivity contribution in [1.82, 2.24) is 9.97 Å². The molecule has 0 amide bonds. The second-order valence-electron chi connectivity index (χ2n) is 12.8. The van der Waals surface area contributed by atoms with Gasteiger partial charge in [-0.05, 0) is 52.2 Å². The van der Waals surface area contributed by atoms with Crippen LogP contribution in [-0.4, -0.2) is 37.9 Å². The molecule has 0 bridgehead atoms. The van der Waals surface area contributed by atoms with Crippen LogP contribution in [0.25, 0.3) is 23.7 Å². The number of aromatic nitrogens is 2.